The lowest BCUT2D eigenvalue weighted by Gasteiger charge is -2.08. The van der Waals surface area contributed by atoms with Gasteiger partial charge in [0.15, 0.2) is 0 Å². The highest BCUT2D eigenvalue weighted by Gasteiger charge is 2.14. The summed E-state index contributed by atoms with van der Waals surface area (Å²) in [6.45, 7) is 0. The Labute approximate surface area is 185 Å². The molecule has 0 aliphatic rings. The number of aromatic amines is 1. The smallest absolute Gasteiger partial charge is 0.280 e. The fourth-order valence-corrected chi connectivity index (χ4v) is 3.54. The van der Waals surface area contributed by atoms with Crippen LogP contribution in [0.5, 0.6) is 5.75 Å². The Morgan fingerprint density at radius 1 is 1.00 bits per heavy atom. The molecular formula is C25H22ClN3O2. The second-order valence-electron chi connectivity index (χ2n) is 7.14. The molecule has 0 bridgehead atoms. The van der Waals surface area contributed by atoms with Crippen molar-refractivity contribution in [1.82, 2.24) is 9.55 Å². The number of benzene rings is 3. The molecule has 0 aliphatic heterocycles. The maximum Gasteiger partial charge on any atom is 0.280 e. The number of carbonyl (C=O) groups is 1. The van der Waals surface area contributed by atoms with Crippen LogP contribution in [0.1, 0.15) is 21.6 Å². The van der Waals surface area contributed by atoms with Crippen LogP contribution in [-0.4, -0.2) is 22.6 Å². The van der Waals surface area contributed by atoms with Gasteiger partial charge in [-0.2, -0.15) is 4.99 Å². The van der Waals surface area contributed by atoms with Crippen LogP contribution in [0, 0.1) is 0 Å². The van der Waals surface area contributed by atoms with E-state index in [0.29, 0.717) is 22.6 Å². The fraction of sp³-hybridized carbons (Fsp3) is 0.120. The average Bonchev–Trinajstić information content (AvgIpc) is 3.10. The van der Waals surface area contributed by atoms with Crippen molar-refractivity contribution in [1.29, 1.82) is 0 Å². The molecule has 0 spiro atoms. The average molecular weight is 432 g/mol. The van der Waals surface area contributed by atoms with Gasteiger partial charge in [-0.05, 0) is 54.1 Å². The van der Waals surface area contributed by atoms with Crippen LogP contribution < -0.4 is 10.4 Å². The number of carbonyl (C=O) groups excluding carboxylic acids is 1. The van der Waals surface area contributed by atoms with Gasteiger partial charge in [0.1, 0.15) is 5.75 Å². The molecule has 0 atom stereocenters. The van der Waals surface area contributed by atoms with Crippen LogP contribution in [0.15, 0.2) is 83.9 Å². The van der Waals surface area contributed by atoms with Crippen LogP contribution in [0.2, 0.25) is 5.02 Å². The standard InChI is InChI=1S/C25H22ClN3O2/c1-29-22(16-17-6-4-3-5-7-17)23(18-10-14-21(31-2)15-11-18)27-25(29)28-24(30)19-8-12-20(26)13-9-19/h3-15H,16H2,1-2H3,(H,27,28,30). The maximum absolute atomic E-state index is 12.7. The lowest BCUT2D eigenvalue weighted by atomic mass is 10.0. The van der Waals surface area contributed by atoms with Gasteiger partial charge in [0.25, 0.3) is 5.91 Å². The number of imidazole rings is 1. The second kappa shape index (κ2) is 9.06. The van der Waals surface area contributed by atoms with E-state index in [1.165, 1.54) is 5.56 Å². The third-order valence-corrected chi connectivity index (χ3v) is 5.39. The number of methoxy groups -OCH3 is 1. The maximum atomic E-state index is 12.7. The summed E-state index contributed by atoms with van der Waals surface area (Å²) in [5.74, 6) is 0.452. The molecule has 1 amide bonds. The minimum Gasteiger partial charge on any atom is -0.497 e. The lowest BCUT2D eigenvalue weighted by Crippen LogP contribution is -2.19. The van der Waals surface area contributed by atoms with Crippen LogP contribution in [0.3, 0.4) is 0 Å². The zero-order valence-electron chi connectivity index (χ0n) is 17.3. The number of amides is 1. The Hall–Kier alpha value is -3.57. The summed E-state index contributed by atoms with van der Waals surface area (Å²) in [4.78, 5) is 20.4. The predicted octanol–water partition coefficient (Wildman–Crippen LogP) is 5.01. The zero-order chi connectivity index (χ0) is 21.8. The number of nitrogens with zero attached hydrogens (tertiary/aromatic N) is 2. The molecule has 4 rings (SSSR count). The molecule has 6 heteroatoms. The number of hydrogen-bond acceptors (Lipinski definition) is 2. The second-order valence-corrected chi connectivity index (χ2v) is 7.58. The van der Waals surface area contributed by atoms with Gasteiger partial charge in [-0.15, -0.1) is 0 Å². The fourth-order valence-electron chi connectivity index (χ4n) is 3.41. The van der Waals surface area contributed by atoms with Crippen LogP contribution in [0.25, 0.3) is 11.3 Å². The molecule has 0 unspecified atom stereocenters. The molecule has 0 saturated heterocycles. The number of halogens is 1. The first-order valence-corrected chi connectivity index (χ1v) is 10.2. The normalized spacial score (nSPS) is 11.5. The monoisotopic (exact) mass is 431 g/mol. The Kier molecular flexibility index (Phi) is 6.05. The van der Waals surface area contributed by atoms with E-state index in [9.17, 15) is 4.79 Å². The summed E-state index contributed by atoms with van der Waals surface area (Å²) in [6.07, 6.45) is 0.694. The number of hydrogen-bond donors (Lipinski definition) is 1. The summed E-state index contributed by atoms with van der Waals surface area (Å²) in [5.41, 5.74) is 5.06. The van der Waals surface area contributed by atoms with Crippen molar-refractivity contribution in [2.24, 2.45) is 12.0 Å². The molecule has 156 valence electrons. The highest BCUT2D eigenvalue weighted by molar-refractivity contribution is 6.30. The van der Waals surface area contributed by atoms with E-state index in [0.717, 1.165) is 22.7 Å². The predicted molar refractivity (Wildman–Crippen MR) is 122 cm³/mol. The molecule has 0 fully saturated rings. The highest BCUT2D eigenvalue weighted by atomic mass is 35.5. The largest absolute Gasteiger partial charge is 0.497 e. The van der Waals surface area contributed by atoms with Crippen molar-refractivity contribution in [3.63, 3.8) is 0 Å². The van der Waals surface area contributed by atoms with Crippen molar-refractivity contribution < 1.29 is 9.53 Å². The van der Waals surface area contributed by atoms with Gasteiger partial charge in [-0.25, -0.2) is 0 Å². The number of aromatic nitrogens is 2. The first-order chi connectivity index (χ1) is 15.0. The first-order valence-electron chi connectivity index (χ1n) is 9.86. The topological polar surface area (TPSA) is 59.4 Å². The van der Waals surface area contributed by atoms with Crippen molar-refractivity contribution >= 4 is 17.5 Å². The Balaban J connectivity index is 1.80. The molecule has 1 heterocycles. The minimum atomic E-state index is -0.332. The van der Waals surface area contributed by atoms with Gasteiger partial charge in [-0.1, -0.05) is 41.9 Å². The molecule has 1 aromatic heterocycles. The molecule has 31 heavy (non-hydrogen) atoms. The van der Waals surface area contributed by atoms with Gasteiger partial charge in [-0.3, -0.25) is 4.79 Å². The van der Waals surface area contributed by atoms with Gasteiger partial charge in [0.2, 0.25) is 5.62 Å². The van der Waals surface area contributed by atoms with Crippen LogP contribution >= 0.6 is 11.6 Å². The Bertz CT molecular complexity index is 1260. The molecule has 0 saturated carbocycles. The van der Waals surface area contributed by atoms with Crippen LogP contribution in [0.4, 0.5) is 0 Å². The van der Waals surface area contributed by atoms with Gasteiger partial charge in [0.05, 0.1) is 12.8 Å². The van der Waals surface area contributed by atoms with E-state index in [2.05, 4.69) is 22.1 Å². The number of rotatable bonds is 5. The third kappa shape index (κ3) is 4.62. The van der Waals surface area contributed by atoms with Gasteiger partial charge >= 0.3 is 0 Å². The molecule has 4 aromatic rings. The summed E-state index contributed by atoms with van der Waals surface area (Å²) < 4.78 is 7.21. The summed E-state index contributed by atoms with van der Waals surface area (Å²) in [7, 11) is 3.56. The molecule has 5 nitrogen and oxygen atoms in total. The van der Waals surface area contributed by atoms with E-state index in [4.69, 9.17) is 16.3 Å². The van der Waals surface area contributed by atoms with E-state index in [-0.39, 0.29) is 5.91 Å². The minimum absolute atomic E-state index is 0.332. The lowest BCUT2D eigenvalue weighted by molar-refractivity contribution is 0.0996. The van der Waals surface area contributed by atoms with E-state index >= 15 is 0 Å². The molecule has 0 radical (unpaired) electrons. The Morgan fingerprint density at radius 3 is 2.32 bits per heavy atom. The van der Waals surface area contributed by atoms with E-state index in [1.807, 2.05) is 54.1 Å². The van der Waals surface area contributed by atoms with E-state index in [1.54, 1.807) is 31.4 Å². The van der Waals surface area contributed by atoms with Crippen LogP contribution in [-0.2, 0) is 13.5 Å². The summed E-state index contributed by atoms with van der Waals surface area (Å²) in [5, 5.41) is 0.578. The molecular weight excluding hydrogens is 410 g/mol. The van der Waals surface area contributed by atoms with Crippen molar-refractivity contribution in [2.45, 2.75) is 6.42 Å². The van der Waals surface area contributed by atoms with Crippen molar-refractivity contribution in [3.05, 3.63) is 106 Å². The van der Waals surface area contributed by atoms with E-state index < -0.39 is 0 Å². The number of nitrogens with one attached hydrogen (secondary N) is 1. The van der Waals surface area contributed by atoms with Crippen molar-refractivity contribution in [2.75, 3.05) is 7.11 Å². The van der Waals surface area contributed by atoms with Crippen molar-refractivity contribution in [3.8, 4) is 17.0 Å². The third-order valence-electron chi connectivity index (χ3n) is 5.14. The molecule has 0 aliphatic carbocycles. The number of H-pyrrole nitrogens is 1. The molecule has 1 N–H and O–H groups in total. The number of ether oxygens (including phenoxy) is 1. The van der Waals surface area contributed by atoms with Gasteiger partial charge < -0.3 is 14.3 Å². The summed E-state index contributed by atoms with van der Waals surface area (Å²) in [6, 6.07) is 24.7. The van der Waals surface area contributed by atoms with Gasteiger partial charge in [0, 0.05) is 35.3 Å². The summed E-state index contributed by atoms with van der Waals surface area (Å²) >= 11 is 5.93. The first kappa shape index (κ1) is 20.7. The zero-order valence-corrected chi connectivity index (χ0v) is 18.1. The SMILES string of the molecule is COc1ccc(-c2[nH]/c(=N/C(=O)c3ccc(Cl)cc3)n(C)c2Cc2ccccc2)cc1. The Morgan fingerprint density at radius 2 is 1.68 bits per heavy atom. The highest BCUT2D eigenvalue weighted by Crippen LogP contribution is 2.25. The molecule has 3 aromatic carbocycles. The quantitative estimate of drug-likeness (QED) is 0.482.